The Bertz CT molecular complexity index is 1140. The predicted molar refractivity (Wildman–Crippen MR) is 117 cm³/mol. The van der Waals surface area contributed by atoms with Crippen molar-refractivity contribution in [2.75, 3.05) is 10.5 Å². The van der Waals surface area contributed by atoms with Gasteiger partial charge in [0.15, 0.2) is 0 Å². The lowest BCUT2D eigenvalue weighted by atomic mass is 9.87. The van der Waals surface area contributed by atoms with Gasteiger partial charge in [0.2, 0.25) is 5.95 Å². The van der Waals surface area contributed by atoms with Crippen molar-refractivity contribution in [3.05, 3.63) is 71.5 Å². The minimum absolute atomic E-state index is 0.0411. The molecule has 0 unspecified atom stereocenters. The van der Waals surface area contributed by atoms with Crippen LogP contribution >= 0.6 is 0 Å². The zero-order valence-electron chi connectivity index (χ0n) is 16.9. The zero-order chi connectivity index (χ0) is 21.2. The summed E-state index contributed by atoms with van der Waals surface area (Å²) in [5, 5.41) is 4.25. The summed E-state index contributed by atoms with van der Waals surface area (Å²) >= 11 is 0. The molecule has 0 saturated carbocycles. The average molecular weight is 412 g/mol. The van der Waals surface area contributed by atoms with Crippen LogP contribution < -0.4 is 10.5 Å². The molecule has 0 radical (unpaired) electrons. The Kier molecular flexibility index (Phi) is 5.48. The number of sulfonamides is 1. The molecule has 0 fully saturated rings. The van der Waals surface area contributed by atoms with Gasteiger partial charge in [-0.1, -0.05) is 45.0 Å². The number of aromatic nitrogens is 2. The van der Waals surface area contributed by atoms with E-state index in [0.717, 1.165) is 16.8 Å². The van der Waals surface area contributed by atoms with Crippen LogP contribution in [0.1, 0.15) is 37.6 Å². The Balaban J connectivity index is 1.79. The molecule has 0 saturated heterocycles. The van der Waals surface area contributed by atoms with E-state index in [9.17, 15) is 8.42 Å². The fourth-order valence-corrected chi connectivity index (χ4v) is 3.81. The number of anilines is 2. The molecule has 0 aliphatic carbocycles. The number of aryl methyl sites for hydroxylation is 1. The fraction of sp³-hybridized carbons (Fsp3) is 0.238. The molecule has 0 aliphatic rings. The van der Waals surface area contributed by atoms with Crippen molar-refractivity contribution in [3.63, 3.8) is 0 Å². The molecular weight excluding hydrogens is 386 g/mol. The third kappa shape index (κ3) is 5.03. The van der Waals surface area contributed by atoms with E-state index in [1.807, 2.05) is 25.1 Å². The van der Waals surface area contributed by atoms with Gasteiger partial charge in [0.25, 0.3) is 10.0 Å². The molecule has 3 aromatic rings. The van der Waals surface area contributed by atoms with Crippen LogP contribution in [0.4, 0.5) is 11.6 Å². The van der Waals surface area contributed by atoms with Crippen LogP contribution in [0, 0.1) is 6.92 Å². The standard InChI is InChI=1S/C21H25N5O2S/c1-15-14-26(20(22)24-15)23-13-16-6-5-7-18(12-16)25-29(27,28)19-10-8-17(9-11-19)21(2,3)4/h5-14,25H,1-4H3,(H2,22,24). The summed E-state index contributed by atoms with van der Waals surface area (Å²) in [6.45, 7) is 8.08. The molecule has 3 N–H and O–H groups in total. The van der Waals surface area contributed by atoms with Gasteiger partial charge in [-0.05, 0) is 47.7 Å². The van der Waals surface area contributed by atoms with E-state index in [1.54, 1.807) is 42.7 Å². The zero-order valence-corrected chi connectivity index (χ0v) is 17.7. The number of nitrogens with zero attached hydrogens (tertiary/aromatic N) is 3. The quantitative estimate of drug-likeness (QED) is 0.624. The molecular formula is C21H25N5O2S. The van der Waals surface area contributed by atoms with Gasteiger partial charge in [-0.2, -0.15) is 5.10 Å². The molecule has 29 heavy (non-hydrogen) atoms. The lowest BCUT2D eigenvalue weighted by Gasteiger charge is -2.19. The first-order valence-corrected chi connectivity index (χ1v) is 10.6. The molecule has 8 heteroatoms. The normalized spacial score (nSPS) is 12.4. The fourth-order valence-electron chi connectivity index (χ4n) is 2.76. The summed E-state index contributed by atoms with van der Waals surface area (Å²) in [5.41, 5.74) is 8.73. The van der Waals surface area contributed by atoms with Gasteiger partial charge in [-0.3, -0.25) is 4.72 Å². The smallest absolute Gasteiger partial charge is 0.261 e. The lowest BCUT2D eigenvalue weighted by molar-refractivity contribution is 0.587. The van der Waals surface area contributed by atoms with Crippen molar-refractivity contribution in [1.82, 2.24) is 9.66 Å². The number of hydrogen-bond acceptors (Lipinski definition) is 5. The largest absolute Gasteiger partial charge is 0.368 e. The van der Waals surface area contributed by atoms with Crippen molar-refractivity contribution < 1.29 is 8.42 Å². The van der Waals surface area contributed by atoms with Gasteiger partial charge in [0.1, 0.15) is 0 Å². The van der Waals surface area contributed by atoms with Gasteiger partial charge >= 0.3 is 0 Å². The third-order valence-corrected chi connectivity index (χ3v) is 5.73. The number of nitrogens with one attached hydrogen (secondary N) is 1. The predicted octanol–water partition coefficient (Wildman–Crippen LogP) is 3.75. The summed E-state index contributed by atoms with van der Waals surface area (Å²) in [6, 6.07) is 13.9. The highest BCUT2D eigenvalue weighted by Gasteiger charge is 2.17. The molecule has 0 amide bonds. The first-order chi connectivity index (χ1) is 13.5. The number of nitrogen functional groups attached to an aromatic ring is 1. The van der Waals surface area contributed by atoms with E-state index >= 15 is 0 Å². The first-order valence-electron chi connectivity index (χ1n) is 9.14. The summed E-state index contributed by atoms with van der Waals surface area (Å²) in [6.07, 6.45) is 3.30. The van der Waals surface area contributed by atoms with E-state index in [2.05, 4.69) is 35.6 Å². The van der Waals surface area contributed by atoms with Crippen LogP contribution in [0.5, 0.6) is 0 Å². The van der Waals surface area contributed by atoms with E-state index in [4.69, 9.17) is 5.73 Å². The van der Waals surface area contributed by atoms with Crippen LogP contribution in [0.3, 0.4) is 0 Å². The lowest BCUT2D eigenvalue weighted by Crippen LogP contribution is -2.15. The molecule has 0 bridgehead atoms. The van der Waals surface area contributed by atoms with Crippen molar-refractivity contribution in [2.24, 2.45) is 5.10 Å². The van der Waals surface area contributed by atoms with E-state index < -0.39 is 10.0 Å². The molecule has 0 spiro atoms. The number of imidazole rings is 1. The van der Waals surface area contributed by atoms with Crippen LogP contribution in [0.25, 0.3) is 0 Å². The maximum Gasteiger partial charge on any atom is 0.261 e. The van der Waals surface area contributed by atoms with Crippen LogP contribution in [-0.2, 0) is 15.4 Å². The molecule has 7 nitrogen and oxygen atoms in total. The molecule has 1 heterocycles. The highest BCUT2D eigenvalue weighted by Crippen LogP contribution is 2.24. The van der Waals surface area contributed by atoms with E-state index in [1.165, 1.54) is 4.68 Å². The Morgan fingerprint density at radius 2 is 1.83 bits per heavy atom. The SMILES string of the molecule is Cc1cn(N=Cc2cccc(NS(=O)(=O)c3ccc(C(C)(C)C)cc3)c2)c(N)n1. The maximum atomic E-state index is 12.7. The van der Waals surface area contributed by atoms with Gasteiger partial charge in [0.05, 0.1) is 23.0 Å². The van der Waals surface area contributed by atoms with Crippen molar-refractivity contribution in [2.45, 2.75) is 38.0 Å². The van der Waals surface area contributed by atoms with E-state index in [-0.39, 0.29) is 16.3 Å². The Morgan fingerprint density at radius 1 is 1.14 bits per heavy atom. The average Bonchev–Trinajstić information content (AvgIpc) is 2.96. The van der Waals surface area contributed by atoms with Crippen LogP contribution in [0.2, 0.25) is 0 Å². The molecule has 152 valence electrons. The summed E-state index contributed by atoms with van der Waals surface area (Å²) in [4.78, 5) is 4.29. The Hall–Kier alpha value is -3.13. The summed E-state index contributed by atoms with van der Waals surface area (Å²) < 4.78 is 29.5. The van der Waals surface area contributed by atoms with Crippen molar-refractivity contribution in [1.29, 1.82) is 0 Å². The number of hydrogen-bond donors (Lipinski definition) is 2. The Labute approximate surface area is 171 Å². The van der Waals surface area contributed by atoms with Gasteiger partial charge in [-0.15, -0.1) is 0 Å². The molecule has 1 aromatic heterocycles. The molecule has 2 aromatic carbocycles. The number of rotatable bonds is 5. The number of nitrogens with two attached hydrogens (primary N) is 1. The maximum absolute atomic E-state index is 12.7. The van der Waals surface area contributed by atoms with E-state index in [0.29, 0.717) is 5.69 Å². The second-order valence-electron chi connectivity index (χ2n) is 7.83. The highest BCUT2D eigenvalue weighted by molar-refractivity contribution is 7.92. The minimum Gasteiger partial charge on any atom is -0.368 e. The Morgan fingerprint density at radius 3 is 2.41 bits per heavy atom. The monoisotopic (exact) mass is 411 g/mol. The molecule has 0 atom stereocenters. The van der Waals surface area contributed by atoms with Crippen molar-refractivity contribution in [3.8, 4) is 0 Å². The number of benzene rings is 2. The van der Waals surface area contributed by atoms with Crippen molar-refractivity contribution >= 4 is 27.9 Å². The van der Waals surface area contributed by atoms with Gasteiger partial charge < -0.3 is 5.73 Å². The molecule has 0 aliphatic heterocycles. The summed E-state index contributed by atoms with van der Waals surface area (Å²) in [5.74, 6) is 0.286. The second-order valence-corrected chi connectivity index (χ2v) is 9.52. The minimum atomic E-state index is -3.69. The topological polar surface area (TPSA) is 102 Å². The van der Waals surface area contributed by atoms with Crippen LogP contribution in [0.15, 0.2) is 64.7 Å². The van der Waals surface area contributed by atoms with Gasteiger partial charge in [0, 0.05) is 5.69 Å². The van der Waals surface area contributed by atoms with Gasteiger partial charge in [-0.25, -0.2) is 18.1 Å². The second kappa shape index (κ2) is 7.71. The highest BCUT2D eigenvalue weighted by atomic mass is 32.2. The van der Waals surface area contributed by atoms with Crippen LogP contribution in [-0.4, -0.2) is 24.3 Å². The first kappa shape index (κ1) is 20.6. The summed E-state index contributed by atoms with van der Waals surface area (Å²) in [7, 11) is -3.69. The third-order valence-electron chi connectivity index (χ3n) is 4.34. The molecule has 3 rings (SSSR count).